The Morgan fingerprint density at radius 3 is 2.15 bits per heavy atom. The Kier molecular flexibility index (Phi) is 10.9. The number of hydrogen-bond acceptors (Lipinski definition) is 4. The van der Waals surface area contributed by atoms with Crippen LogP contribution in [0.15, 0.2) is 65.6 Å². The second-order valence-corrected chi connectivity index (χ2v) is 12.5. The lowest BCUT2D eigenvalue weighted by Crippen LogP contribution is -2.52. The van der Waals surface area contributed by atoms with Crippen LogP contribution in [0.2, 0.25) is 15.1 Å². The minimum Gasteiger partial charge on any atom is -0.355 e. The highest BCUT2D eigenvalue weighted by molar-refractivity contribution is 7.92. The highest BCUT2D eigenvalue weighted by Crippen LogP contribution is 2.30. The van der Waals surface area contributed by atoms with E-state index in [4.69, 9.17) is 34.8 Å². The Balaban J connectivity index is 2.10. The van der Waals surface area contributed by atoms with E-state index in [1.165, 1.54) is 17.0 Å². The first-order valence-corrected chi connectivity index (χ1v) is 15.3. The fourth-order valence-corrected chi connectivity index (χ4v) is 6.32. The van der Waals surface area contributed by atoms with E-state index in [0.29, 0.717) is 44.8 Å². The van der Waals surface area contributed by atoms with Gasteiger partial charge < -0.3 is 10.2 Å². The molecular weight excluding hydrogens is 593 g/mol. The molecule has 0 saturated carbocycles. The third-order valence-corrected chi connectivity index (χ3v) is 9.14. The van der Waals surface area contributed by atoms with Crippen molar-refractivity contribution in [3.8, 4) is 0 Å². The minimum absolute atomic E-state index is 0.0172. The lowest BCUT2D eigenvalue weighted by Gasteiger charge is -2.33. The summed E-state index contributed by atoms with van der Waals surface area (Å²) >= 11 is 18.5. The maximum Gasteiger partial charge on any atom is 0.264 e. The smallest absolute Gasteiger partial charge is 0.264 e. The van der Waals surface area contributed by atoms with Gasteiger partial charge >= 0.3 is 0 Å². The molecule has 3 aromatic rings. The molecule has 1 atom stereocenters. The molecular formula is C29H32Cl3N3O4S. The number of sulfonamides is 1. The minimum atomic E-state index is -4.18. The summed E-state index contributed by atoms with van der Waals surface area (Å²) in [4.78, 5) is 28.5. The molecule has 0 aromatic heterocycles. The molecule has 3 aromatic carbocycles. The van der Waals surface area contributed by atoms with E-state index in [0.717, 1.165) is 9.87 Å². The number of benzene rings is 3. The number of rotatable bonds is 11. The van der Waals surface area contributed by atoms with Crippen molar-refractivity contribution in [2.45, 2.75) is 51.6 Å². The van der Waals surface area contributed by atoms with Crippen molar-refractivity contribution < 1.29 is 18.0 Å². The summed E-state index contributed by atoms with van der Waals surface area (Å²) < 4.78 is 29.0. The van der Waals surface area contributed by atoms with Crippen LogP contribution in [0.4, 0.5) is 5.69 Å². The van der Waals surface area contributed by atoms with Crippen molar-refractivity contribution in [1.29, 1.82) is 0 Å². The molecule has 0 spiro atoms. The maximum atomic E-state index is 14.1. The molecule has 1 N–H and O–H groups in total. The van der Waals surface area contributed by atoms with Gasteiger partial charge in [-0.05, 0) is 80.8 Å². The fraction of sp³-hybridized carbons (Fsp3) is 0.310. The van der Waals surface area contributed by atoms with E-state index in [-0.39, 0.29) is 17.3 Å². The molecule has 0 unspecified atom stereocenters. The van der Waals surface area contributed by atoms with Gasteiger partial charge in [-0.25, -0.2) is 8.42 Å². The Labute approximate surface area is 251 Å². The second kappa shape index (κ2) is 13.7. The SMILES string of the molecule is CCNC(=O)[C@H](CC)N(Cc1ccc(Cl)c(Cl)c1)C(=O)CN(c1ccc(Cl)cc1C)S(=O)(=O)c1ccc(C)cc1. The Bertz CT molecular complexity index is 1480. The van der Waals surface area contributed by atoms with Crippen molar-refractivity contribution in [2.75, 3.05) is 17.4 Å². The van der Waals surface area contributed by atoms with Crippen molar-refractivity contribution >= 4 is 62.3 Å². The van der Waals surface area contributed by atoms with Gasteiger partial charge in [0.25, 0.3) is 10.0 Å². The highest BCUT2D eigenvalue weighted by atomic mass is 35.5. The van der Waals surface area contributed by atoms with Crippen LogP contribution in [-0.2, 0) is 26.2 Å². The molecule has 2 amide bonds. The quantitative estimate of drug-likeness (QED) is 0.267. The lowest BCUT2D eigenvalue weighted by atomic mass is 10.1. The summed E-state index contributed by atoms with van der Waals surface area (Å²) in [6.45, 7) is 7.00. The topological polar surface area (TPSA) is 86.8 Å². The molecule has 0 heterocycles. The van der Waals surface area contributed by atoms with Crippen molar-refractivity contribution in [3.63, 3.8) is 0 Å². The van der Waals surface area contributed by atoms with Crippen molar-refractivity contribution in [2.24, 2.45) is 0 Å². The third-order valence-electron chi connectivity index (χ3n) is 6.39. The molecule has 0 aliphatic heterocycles. The van der Waals surface area contributed by atoms with Crippen LogP contribution in [0.3, 0.4) is 0 Å². The normalized spacial score (nSPS) is 12.1. The van der Waals surface area contributed by atoms with Gasteiger partial charge in [0.1, 0.15) is 12.6 Å². The number of halogens is 3. The van der Waals surface area contributed by atoms with Crippen LogP contribution < -0.4 is 9.62 Å². The maximum absolute atomic E-state index is 14.1. The zero-order chi connectivity index (χ0) is 29.6. The van der Waals surface area contributed by atoms with Crippen molar-refractivity contribution in [3.05, 3.63) is 92.4 Å². The van der Waals surface area contributed by atoms with Gasteiger partial charge in [0.2, 0.25) is 11.8 Å². The van der Waals surface area contributed by atoms with Crippen LogP contribution in [0.1, 0.15) is 37.0 Å². The zero-order valence-electron chi connectivity index (χ0n) is 22.7. The summed E-state index contributed by atoms with van der Waals surface area (Å²) in [5.74, 6) is -0.900. The van der Waals surface area contributed by atoms with E-state index < -0.39 is 28.5 Å². The Hall–Kier alpha value is -2.78. The number of nitrogens with zero attached hydrogens (tertiary/aromatic N) is 2. The number of carbonyl (C=O) groups is 2. The van der Waals surface area contributed by atoms with E-state index in [1.807, 2.05) is 6.92 Å². The number of aryl methyl sites for hydroxylation is 2. The van der Waals surface area contributed by atoms with Gasteiger partial charge in [-0.3, -0.25) is 13.9 Å². The molecule has 11 heteroatoms. The number of carbonyl (C=O) groups excluding carboxylic acids is 2. The van der Waals surface area contributed by atoms with Crippen LogP contribution in [0.25, 0.3) is 0 Å². The predicted octanol–water partition coefficient (Wildman–Crippen LogP) is 6.40. The number of amides is 2. The molecule has 0 bridgehead atoms. The zero-order valence-corrected chi connectivity index (χ0v) is 25.8. The van der Waals surface area contributed by atoms with Crippen LogP contribution in [0.5, 0.6) is 0 Å². The van der Waals surface area contributed by atoms with Gasteiger partial charge in [-0.15, -0.1) is 0 Å². The summed E-state index contributed by atoms with van der Waals surface area (Å²) in [6.07, 6.45) is 0.309. The van der Waals surface area contributed by atoms with Gasteiger partial charge in [-0.1, -0.05) is 65.5 Å². The first-order valence-electron chi connectivity index (χ1n) is 12.8. The molecule has 0 saturated heterocycles. The highest BCUT2D eigenvalue weighted by Gasteiger charge is 2.34. The monoisotopic (exact) mass is 623 g/mol. The van der Waals surface area contributed by atoms with E-state index in [9.17, 15) is 18.0 Å². The van der Waals surface area contributed by atoms with Gasteiger partial charge in [0.15, 0.2) is 0 Å². The predicted molar refractivity (Wildman–Crippen MR) is 162 cm³/mol. The summed E-state index contributed by atoms with van der Waals surface area (Å²) in [5, 5.41) is 3.87. The van der Waals surface area contributed by atoms with Crippen LogP contribution in [-0.4, -0.2) is 44.3 Å². The average molecular weight is 625 g/mol. The first kappa shape index (κ1) is 31.7. The van der Waals surface area contributed by atoms with Crippen molar-refractivity contribution in [1.82, 2.24) is 10.2 Å². The van der Waals surface area contributed by atoms with Gasteiger partial charge in [0, 0.05) is 18.1 Å². The molecule has 0 aliphatic carbocycles. The Morgan fingerprint density at radius 1 is 0.900 bits per heavy atom. The largest absolute Gasteiger partial charge is 0.355 e. The van der Waals surface area contributed by atoms with E-state index >= 15 is 0 Å². The van der Waals surface area contributed by atoms with E-state index in [2.05, 4.69) is 5.32 Å². The molecule has 40 heavy (non-hydrogen) atoms. The summed E-state index contributed by atoms with van der Waals surface area (Å²) in [6, 6.07) is 15.3. The third kappa shape index (κ3) is 7.49. The first-order chi connectivity index (χ1) is 18.9. The molecule has 7 nitrogen and oxygen atoms in total. The summed E-state index contributed by atoms with van der Waals surface area (Å²) in [7, 11) is -4.18. The van der Waals surface area contributed by atoms with Gasteiger partial charge in [0.05, 0.1) is 20.6 Å². The number of nitrogens with one attached hydrogen (secondary N) is 1. The molecule has 214 valence electrons. The standard InChI is InChI=1S/C29H32Cl3N3O4S/c1-5-26(29(37)33-6-2)34(17-21-9-13-24(31)25(32)16-21)28(36)18-35(27-14-10-22(30)15-20(27)4)40(38,39)23-11-7-19(3)8-12-23/h7-16,26H,5-6,17-18H2,1-4H3,(H,33,37)/t26-/m0/s1. The number of likely N-dealkylation sites (N-methyl/N-ethyl adjacent to an activating group) is 1. The average Bonchev–Trinajstić information content (AvgIpc) is 2.90. The van der Waals surface area contributed by atoms with Crippen LogP contribution in [0, 0.1) is 13.8 Å². The van der Waals surface area contributed by atoms with Crippen LogP contribution >= 0.6 is 34.8 Å². The summed E-state index contributed by atoms with van der Waals surface area (Å²) in [5.41, 5.74) is 2.41. The number of anilines is 1. The molecule has 0 radical (unpaired) electrons. The molecule has 3 rings (SSSR count). The Morgan fingerprint density at radius 2 is 1.57 bits per heavy atom. The van der Waals surface area contributed by atoms with Gasteiger partial charge in [-0.2, -0.15) is 0 Å². The molecule has 0 fully saturated rings. The van der Waals surface area contributed by atoms with E-state index in [1.54, 1.807) is 69.3 Å². The number of hydrogen-bond donors (Lipinski definition) is 1. The fourth-order valence-electron chi connectivity index (χ4n) is 4.30. The second-order valence-electron chi connectivity index (χ2n) is 9.34. The molecule has 0 aliphatic rings. The lowest BCUT2D eigenvalue weighted by molar-refractivity contribution is -0.140.